The SMILES string of the molecule is CCOc1cc(/C=C2\C(=O)NC(=O)N(c3cccc(Cl)c3C)C2=O)ccc1Cc1ccccc1Br. The van der Waals surface area contributed by atoms with Crippen molar-refractivity contribution in [2.45, 2.75) is 20.3 Å². The first kappa shape index (κ1) is 24.7. The molecule has 1 fully saturated rings. The number of imide groups is 2. The van der Waals surface area contributed by atoms with Crippen molar-refractivity contribution >= 4 is 57.1 Å². The van der Waals surface area contributed by atoms with E-state index in [0.29, 0.717) is 40.6 Å². The van der Waals surface area contributed by atoms with Crippen LogP contribution >= 0.6 is 27.5 Å². The predicted octanol–water partition coefficient (Wildman–Crippen LogP) is 6.07. The summed E-state index contributed by atoms with van der Waals surface area (Å²) in [4.78, 5) is 39.3. The number of nitrogens with zero attached hydrogens (tertiary/aromatic N) is 1. The first-order chi connectivity index (χ1) is 16.8. The summed E-state index contributed by atoms with van der Waals surface area (Å²) in [5, 5.41) is 2.65. The average Bonchev–Trinajstić information content (AvgIpc) is 2.82. The number of carbonyl (C=O) groups is 3. The van der Waals surface area contributed by atoms with Crippen LogP contribution in [0.25, 0.3) is 6.08 Å². The van der Waals surface area contributed by atoms with Crippen molar-refractivity contribution in [1.82, 2.24) is 5.32 Å². The number of halogens is 2. The maximum absolute atomic E-state index is 13.3. The van der Waals surface area contributed by atoms with Crippen LogP contribution in [0, 0.1) is 6.92 Å². The molecule has 0 unspecified atom stereocenters. The highest BCUT2D eigenvalue weighted by molar-refractivity contribution is 9.10. The smallest absolute Gasteiger partial charge is 0.335 e. The van der Waals surface area contributed by atoms with Crippen molar-refractivity contribution in [2.75, 3.05) is 11.5 Å². The van der Waals surface area contributed by atoms with Gasteiger partial charge in [0.25, 0.3) is 11.8 Å². The number of rotatable bonds is 6. The summed E-state index contributed by atoms with van der Waals surface area (Å²) in [5.41, 5.74) is 3.38. The second-order valence-electron chi connectivity index (χ2n) is 7.91. The van der Waals surface area contributed by atoms with Gasteiger partial charge < -0.3 is 4.74 Å². The average molecular weight is 554 g/mol. The predicted molar refractivity (Wildman–Crippen MR) is 140 cm³/mol. The molecule has 0 aliphatic carbocycles. The van der Waals surface area contributed by atoms with E-state index in [9.17, 15) is 14.4 Å². The van der Waals surface area contributed by atoms with E-state index >= 15 is 0 Å². The van der Waals surface area contributed by atoms with Gasteiger partial charge in [0, 0.05) is 15.9 Å². The second kappa shape index (κ2) is 10.5. The number of amides is 4. The molecule has 35 heavy (non-hydrogen) atoms. The van der Waals surface area contributed by atoms with E-state index in [1.165, 1.54) is 6.08 Å². The lowest BCUT2D eigenvalue weighted by atomic mass is 10.0. The Morgan fingerprint density at radius 3 is 2.54 bits per heavy atom. The lowest BCUT2D eigenvalue weighted by Crippen LogP contribution is -2.54. The van der Waals surface area contributed by atoms with Gasteiger partial charge >= 0.3 is 6.03 Å². The molecule has 3 aromatic rings. The number of hydrogen-bond acceptors (Lipinski definition) is 4. The standard InChI is InChI=1S/C27H22BrClN2O4/c1-3-35-24-14-17(11-12-19(24)15-18-7-4-5-8-21(18)28)13-20-25(32)30-27(34)31(26(20)33)23-10-6-9-22(29)16(23)2/h4-14H,3,15H2,1-2H3,(H,30,32,34)/b20-13+. The van der Waals surface area contributed by atoms with Gasteiger partial charge in [-0.15, -0.1) is 0 Å². The van der Waals surface area contributed by atoms with Gasteiger partial charge in [-0.2, -0.15) is 0 Å². The van der Waals surface area contributed by atoms with E-state index in [0.717, 1.165) is 20.5 Å². The topological polar surface area (TPSA) is 75.7 Å². The van der Waals surface area contributed by atoms with Crippen molar-refractivity contribution in [2.24, 2.45) is 0 Å². The maximum atomic E-state index is 13.3. The minimum Gasteiger partial charge on any atom is -0.494 e. The Bertz CT molecular complexity index is 1370. The zero-order valence-electron chi connectivity index (χ0n) is 19.1. The molecule has 0 saturated carbocycles. The number of nitrogens with one attached hydrogen (secondary N) is 1. The molecule has 0 bridgehead atoms. The van der Waals surface area contributed by atoms with Crippen LogP contribution in [-0.2, 0) is 16.0 Å². The molecule has 0 aromatic heterocycles. The van der Waals surface area contributed by atoms with Gasteiger partial charge in [-0.25, -0.2) is 9.69 Å². The van der Waals surface area contributed by atoms with Crippen LogP contribution in [-0.4, -0.2) is 24.5 Å². The number of anilines is 1. The van der Waals surface area contributed by atoms with E-state index in [4.69, 9.17) is 16.3 Å². The number of hydrogen-bond donors (Lipinski definition) is 1. The highest BCUT2D eigenvalue weighted by atomic mass is 79.9. The first-order valence-corrected chi connectivity index (χ1v) is 12.1. The largest absolute Gasteiger partial charge is 0.494 e. The second-order valence-corrected chi connectivity index (χ2v) is 9.17. The Labute approximate surface area is 216 Å². The number of benzene rings is 3. The fourth-order valence-electron chi connectivity index (χ4n) is 3.83. The molecule has 8 heteroatoms. The Morgan fingerprint density at radius 2 is 1.80 bits per heavy atom. The zero-order chi connectivity index (χ0) is 25.1. The van der Waals surface area contributed by atoms with Crippen molar-refractivity contribution in [3.63, 3.8) is 0 Å². The molecule has 178 valence electrons. The third kappa shape index (κ3) is 5.16. The van der Waals surface area contributed by atoms with Crippen LogP contribution < -0.4 is 15.0 Å². The molecule has 4 rings (SSSR count). The number of ether oxygens (including phenoxy) is 1. The molecule has 0 radical (unpaired) electrons. The Balaban J connectivity index is 1.70. The van der Waals surface area contributed by atoms with Crippen molar-refractivity contribution in [3.05, 3.63) is 98.0 Å². The van der Waals surface area contributed by atoms with Gasteiger partial charge in [0.1, 0.15) is 11.3 Å². The summed E-state index contributed by atoms with van der Waals surface area (Å²) in [6, 6.07) is 17.5. The van der Waals surface area contributed by atoms with Crippen LogP contribution in [0.15, 0.2) is 70.7 Å². The van der Waals surface area contributed by atoms with Crippen LogP contribution in [0.2, 0.25) is 5.02 Å². The van der Waals surface area contributed by atoms with Gasteiger partial charge in [0.15, 0.2) is 0 Å². The van der Waals surface area contributed by atoms with Crippen LogP contribution in [0.1, 0.15) is 29.2 Å². The molecule has 1 heterocycles. The van der Waals surface area contributed by atoms with Gasteiger partial charge in [-0.05, 0) is 66.4 Å². The minimum absolute atomic E-state index is 0.162. The summed E-state index contributed by atoms with van der Waals surface area (Å²) in [6.45, 7) is 4.05. The van der Waals surface area contributed by atoms with Crippen molar-refractivity contribution < 1.29 is 19.1 Å². The van der Waals surface area contributed by atoms with Gasteiger partial charge in [-0.1, -0.05) is 63.9 Å². The third-order valence-corrected chi connectivity index (χ3v) is 6.81. The highest BCUT2D eigenvalue weighted by Gasteiger charge is 2.37. The summed E-state index contributed by atoms with van der Waals surface area (Å²) >= 11 is 9.76. The molecule has 1 aliphatic heterocycles. The molecule has 0 atom stereocenters. The Morgan fingerprint density at radius 1 is 1.03 bits per heavy atom. The van der Waals surface area contributed by atoms with E-state index in [1.807, 2.05) is 43.3 Å². The van der Waals surface area contributed by atoms with Gasteiger partial charge in [-0.3, -0.25) is 14.9 Å². The fraction of sp³-hybridized carbons (Fsp3) is 0.148. The Hall–Kier alpha value is -3.42. The summed E-state index contributed by atoms with van der Waals surface area (Å²) in [7, 11) is 0. The fourth-order valence-corrected chi connectivity index (χ4v) is 4.42. The summed E-state index contributed by atoms with van der Waals surface area (Å²) in [6.07, 6.45) is 2.10. The molecule has 1 aliphatic rings. The van der Waals surface area contributed by atoms with Crippen molar-refractivity contribution in [1.29, 1.82) is 0 Å². The van der Waals surface area contributed by atoms with Crippen LogP contribution in [0.3, 0.4) is 0 Å². The normalized spacial score (nSPS) is 14.9. The molecule has 3 aromatic carbocycles. The summed E-state index contributed by atoms with van der Waals surface area (Å²) < 4.78 is 6.86. The van der Waals surface area contributed by atoms with Crippen molar-refractivity contribution in [3.8, 4) is 5.75 Å². The molecule has 1 N–H and O–H groups in total. The minimum atomic E-state index is -0.818. The molecule has 4 amide bonds. The zero-order valence-corrected chi connectivity index (χ0v) is 21.4. The van der Waals surface area contributed by atoms with Gasteiger partial charge in [0.2, 0.25) is 0 Å². The third-order valence-electron chi connectivity index (χ3n) is 5.62. The lowest BCUT2D eigenvalue weighted by molar-refractivity contribution is -0.122. The van der Waals surface area contributed by atoms with Gasteiger partial charge in [0.05, 0.1) is 12.3 Å². The summed E-state index contributed by atoms with van der Waals surface area (Å²) in [5.74, 6) is -0.828. The number of urea groups is 1. The van der Waals surface area contributed by atoms with E-state index in [1.54, 1.807) is 31.2 Å². The quantitative estimate of drug-likeness (QED) is 0.297. The molecular weight excluding hydrogens is 532 g/mol. The Kier molecular flexibility index (Phi) is 7.38. The van der Waals surface area contributed by atoms with E-state index < -0.39 is 17.8 Å². The van der Waals surface area contributed by atoms with E-state index in [-0.39, 0.29) is 5.57 Å². The van der Waals surface area contributed by atoms with Crippen LogP contribution in [0.4, 0.5) is 10.5 Å². The number of carbonyl (C=O) groups excluding carboxylic acids is 3. The molecular formula is C27H22BrClN2O4. The number of barbiturate groups is 1. The molecule has 1 saturated heterocycles. The van der Waals surface area contributed by atoms with E-state index in [2.05, 4.69) is 21.2 Å². The first-order valence-electron chi connectivity index (χ1n) is 11.0. The lowest BCUT2D eigenvalue weighted by Gasteiger charge is -2.27. The molecule has 0 spiro atoms. The molecule has 6 nitrogen and oxygen atoms in total. The highest BCUT2D eigenvalue weighted by Crippen LogP contribution is 2.31. The maximum Gasteiger partial charge on any atom is 0.335 e. The monoisotopic (exact) mass is 552 g/mol. The van der Waals surface area contributed by atoms with Crippen LogP contribution in [0.5, 0.6) is 5.75 Å².